The summed E-state index contributed by atoms with van der Waals surface area (Å²) in [7, 11) is 0. The molecule has 2 N–H and O–H groups in total. The van der Waals surface area contributed by atoms with Gasteiger partial charge in [-0.25, -0.2) is 4.98 Å². The van der Waals surface area contributed by atoms with Gasteiger partial charge >= 0.3 is 0 Å². The number of ketones is 1. The van der Waals surface area contributed by atoms with Gasteiger partial charge < -0.3 is 10.6 Å². The molecule has 0 aromatic carbocycles. The van der Waals surface area contributed by atoms with Crippen molar-refractivity contribution in [1.82, 2.24) is 35.0 Å². The Morgan fingerprint density at radius 2 is 1.88 bits per heavy atom. The van der Waals surface area contributed by atoms with Gasteiger partial charge in [0.2, 0.25) is 0 Å². The summed E-state index contributed by atoms with van der Waals surface area (Å²) in [6.07, 6.45) is 12.8. The summed E-state index contributed by atoms with van der Waals surface area (Å²) in [5, 5.41) is 13.0. The zero-order valence-corrected chi connectivity index (χ0v) is 19.4. The van der Waals surface area contributed by atoms with Crippen LogP contribution >= 0.6 is 0 Å². The molecule has 9 heteroatoms. The number of Topliss-reactive ketones (excluding diaryl/α,β-unsaturated/α-hetero) is 1. The number of anilines is 1. The number of carbonyl (C=O) groups excluding carboxylic acids is 1. The van der Waals surface area contributed by atoms with Crippen molar-refractivity contribution in [2.24, 2.45) is 0 Å². The van der Waals surface area contributed by atoms with Crippen molar-refractivity contribution >= 4 is 22.4 Å². The highest BCUT2D eigenvalue weighted by Gasteiger charge is 2.15. The summed E-state index contributed by atoms with van der Waals surface area (Å²) in [5.74, 6) is 0.754. The van der Waals surface area contributed by atoms with Gasteiger partial charge in [-0.3, -0.25) is 24.4 Å². The number of nitrogens with zero attached hydrogens (tertiary/aromatic N) is 6. The fraction of sp³-hybridized carbons (Fsp3) is 0.360. The van der Waals surface area contributed by atoms with E-state index in [1.165, 1.54) is 0 Å². The van der Waals surface area contributed by atoms with Crippen LogP contribution in [0.2, 0.25) is 0 Å². The third kappa shape index (κ3) is 4.94. The second-order valence-electron chi connectivity index (χ2n) is 8.95. The molecule has 0 saturated carbocycles. The molecule has 1 fully saturated rings. The van der Waals surface area contributed by atoms with Gasteiger partial charge in [0.05, 0.1) is 36.3 Å². The number of rotatable bonds is 7. The number of fused-ring (bicyclic) bond motifs is 1. The molecule has 0 unspecified atom stereocenters. The van der Waals surface area contributed by atoms with E-state index in [1.807, 2.05) is 26.0 Å². The first-order valence-electron chi connectivity index (χ1n) is 11.7. The summed E-state index contributed by atoms with van der Waals surface area (Å²) < 4.78 is 1.79. The van der Waals surface area contributed by atoms with E-state index in [9.17, 15) is 4.79 Å². The van der Waals surface area contributed by atoms with Crippen molar-refractivity contribution in [1.29, 1.82) is 0 Å². The Labute approximate surface area is 198 Å². The quantitative estimate of drug-likeness (QED) is 0.407. The van der Waals surface area contributed by atoms with Crippen LogP contribution in [0.25, 0.3) is 22.2 Å². The Morgan fingerprint density at radius 3 is 2.68 bits per heavy atom. The molecule has 4 aromatic heterocycles. The van der Waals surface area contributed by atoms with E-state index in [-0.39, 0.29) is 18.2 Å². The lowest BCUT2D eigenvalue weighted by Gasteiger charge is -2.24. The van der Waals surface area contributed by atoms with Crippen LogP contribution in [0.4, 0.5) is 5.82 Å². The summed E-state index contributed by atoms with van der Waals surface area (Å²) in [5.41, 5.74) is 2.74. The smallest absolute Gasteiger partial charge is 0.171 e. The number of carbonyl (C=O) groups is 1. The Balaban J connectivity index is 1.35. The van der Waals surface area contributed by atoms with Crippen LogP contribution in [0.1, 0.15) is 48.8 Å². The zero-order chi connectivity index (χ0) is 23.5. The van der Waals surface area contributed by atoms with Gasteiger partial charge in [0.25, 0.3) is 0 Å². The number of aromatic nitrogens is 6. The average molecular weight is 457 g/mol. The highest BCUT2D eigenvalue weighted by Crippen LogP contribution is 2.22. The van der Waals surface area contributed by atoms with E-state index in [4.69, 9.17) is 4.98 Å². The first kappa shape index (κ1) is 22.1. The molecule has 1 aliphatic heterocycles. The lowest BCUT2D eigenvalue weighted by Crippen LogP contribution is -2.35. The zero-order valence-electron chi connectivity index (χ0n) is 19.4. The Hall–Kier alpha value is -3.72. The summed E-state index contributed by atoms with van der Waals surface area (Å²) >= 11 is 0. The second kappa shape index (κ2) is 9.64. The first-order chi connectivity index (χ1) is 16.5. The van der Waals surface area contributed by atoms with Crippen LogP contribution < -0.4 is 10.6 Å². The van der Waals surface area contributed by atoms with Gasteiger partial charge in [0.1, 0.15) is 11.5 Å². The van der Waals surface area contributed by atoms with Crippen molar-refractivity contribution in [3.8, 4) is 11.4 Å². The summed E-state index contributed by atoms with van der Waals surface area (Å²) in [4.78, 5) is 30.9. The Kier molecular flexibility index (Phi) is 6.27. The van der Waals surface area contributed by atoms with Gasteiger partial charge in [-0.05, 0) is 57.3 Å². The van der Waals surface area contributed by atoms with E-state index in [0.717, 1.165) is 48.2 Å². The van der Waals surface area contributed by atoms with E-state index >= 15 is 0 Å². The average Bonchev–Trinajstić information content (AvgIpc) is 3.36. The largest absolute Gasteiger partial charge is 0.366 e. The minimum Gasteiger partial charge on any atom is -0.366 e. The second-order valence-corrected chi connectivity index (χ2v) is 8.95. The maximum absolute atomic E-state index is 12.7. The van der Waals surface area contributed by atoms with Crippen molar-refractivity contribution in [2.45, 2.75) is 45.2 Å². The lowest BCUT2D eigenvalue weighted by atomic mass is 10.1. The normalized spacial score (nSPS) is 14.6. The van der Waals surface area contributed by atoms with Crippen molar-refractivity contribution < 1.29 is 4.79 Å². The fourth-order valence-corrected chi connectivity index (χ4v) is 4.09. The lowest BCUT2D eigenvalue weighted by molar-refractivity contribution is 0.0992. The fourth-order valence-electron chi connectivity index (χ4n) is 4.09. The molecule has 0 aliphatic carbocycles. The molecule has 0 bridgehead atoms. The van der Waals surface area contributed by atoms with Crippen LogP contribution in [0, 0.1) is 0 Å². The molecule has 1 saturated heterocycles. The molecule has 5 heterocycles. The molecule has 5 rings (SSSR count). The van der Waals surface area contributed by atoms with E-state index < -0.39 is 0 Å². The number of nitrogens with one attached hydrogen (secondary N) is 2. The summed E-state index contributed by atoms with van der Waals surface area (Å²) in [6.45, 7) is 6.08. The molecule has 34 heavy (non-hydrogen) atoms. The van der Waals surface area contributed by atoms with E-state index in [2.05, 4.69) is 30.7 Å². The SMILES string of the molecule is CC(C)n1cc(C(=O)Cc2cc3cc(-c4cncc(NC5CCNCC5)n4)ncc3cn2)cn1. The predicted octanol–water partition coefficient (Wildman–Crippen LogP) is 3.45. The standard InChI is InChI=1S/C25H28N8O/c1-16(2)33-15-19(12-30-33)24(34)9-21-7-17-8-22(29-11-18(17)10-28-21)23-13-27-14-25(32-23)31-20-3-5-26-6-4-20/h7-8,10-16,20,26H,3-6,9H2,1-2H3,(H,31,32). The molecular weight excluding hydrogens is 428 g/mol. The van der Waals surface area contributed by atoms with Crippen LogP contribution in [-0.4, -0.2) is 54.6 Å². The maximum atomic E-state index is 12.7. The highest BCUT2D eigenvalue weighted by atomic mass is 16.1. The van der Waals surface area contributed by atoms with Gasteiger partial charge in [-0.15, -0.1) is 0 Å². The third-order valence-electron chi connectivity index (χ3n) is 6.04. The van der Waals surface area contributed by atoms with Gasteiger partial charge in [-0.1, -0.05) is 0 Å². The minimum atomic E-state index is -0.00409. The monoisotopic (exact) mass is 456 g/mol. The molecule has 1 aliphatic rings. The van der Waals surface area contributed by atoms with Crippen LogP contribution in [0.5, 0.6) is 0 Å². The molecular formula is C25H28N8O. The van der Waals surface area contributed by atoms with Crippen LogP contribution in [-0.2, 0) is 6.42 Å². The molecule has 4 aromatic rings. The molecule has 0 spiro atoms. The molecule has 0 amide bonds. The number of hydrogen-bond donors (Lipinski definition) is 2. The van der Waals surface area contributed by atoms with Gasteiger partial charge in [-0.2, -0.15) is 5.10 Å². The Bertz CT molecular complexity index is 1310. The minimum absolute atomic E-state index is 0.00409. The molecule has 0 atom stereocenters. The van der Waals surface area contributed by atoms with Gasteiger partial charge in [0.15, 0.2) is 5.78 Å². The van der Waals surface area contributed by atoms with E-state index in [0.29, 0.717) is 23.0 Å². The highest BCUT2D eigenvalue weighted by molar-refractivity contribution is 5.97. The maximum Gasteiger partial charge on any atom is 0.171 e. The van der Waals surface area contributed by atoms with Gasteiger partial charge in [0, 0.05) is 41.8 Å². The number of hydrogen-bond acceptors (Lipinski definition) is 8. The van der Waals surface area contributed by atoms with Crippen molar-refractivity contribution in [3.05, 3.63) is 60.6 Å². The Morgan fingerprint density at radius 1 is 1.06 bits per heavy atom. The molecule has 0 radical (unpaired) electrons. The molecule has 174 valence electrons. The van der Waals surface area contributed by atoms with Crippen molar-refractivity contribution in [2.75, 3.05) is 18.4 Å². The predicted molar refractivity (Wildman–Crippen MR) is 131 cm³/mol. The van der Waals surface area contributed by atoms with Crippen LogP contribution in [0.3, 0.4) is 0 Å². The molecule has 9 nitrogen and oxygen atoms in total. The van der Waals surface area contributed by atoms with E-state index in [1.54, 1.807) is 41.9 Å². The summed E-state index contributed by atoms with van der Waals surface area (Å²) in [6, 6.07) is 4.52. The third-order valence-corrected chi connectivity index (χ3v) is 6.04. The number of piperidine rings is 1. The first-order valence-corrected chi connectivity index (χ1v) is 11.7. The topological polar surface area (TPSA) is 111 Å². The van der Waals surface area contributed by atoms with Crippen molar-refractivity contribution in [3.63, 3.8) is 0 Å². The number of pyridine rings is 2. The van der Waals surface area contributed by atoms with Crippen LogP contribution in [0.15, 0.2) is 49.3 Å².